The van der Waals surface area contributed by atoms with Gasteiger partial charge in [0.25, 0.3) is 10.0 Å². The van der Waals surface area contributed by atoms with Crippen molar-refractivity contribution in [1.82, 2.24) is 14.8 Å². The van der Waals surface area contributed by atoms with Crippen LogP contribution < -0.4 is 4.72 Å². The van der Waals surface area contributed by atoms with Crippen LogP contribution >= 0.6 is 0 Å². The fourth-order valence-electron chi connectivity index (χ4n) is 3.56. The minimum atomic E-state index is -3.64. The Bertz CT molecular complexity index is 975. The molecule has 1 aliphatic rings. The lowest BCUT2D eigenvalue weighted by Gasteiger charge is -2.22. The molecule has 0 unspecified atom stereocenters. The molecule has 7 heteroatoms. The van der Waals surface area contributed by atoms with Gasteiger partial charge in [0.15, 0.2) is 5.82 Å². The highest BCUT2D eigenvalue weighted by Crippen LogP contribution is 2.33. The predicted octanol–water partition coefficient (Wildman–Crippen LogP) is 4.12. The molecule has 27 heavy (non-hydrogen) atoms. The van der Waals surface area contributed by atoms with E-state index in [0.717, 1.165) is 0 Å². The molecule has 1 aromatic carbocycles. The second-order valence-corrected chi connectivity index (χ2v) is 8.55. The summed E-state index contributed by atoms with van der Waals surface area (Å²) in [6.07, 6.45) is 11.1. The molecule has 4 rings (SSSR count). The van der Waals surface area contributed by atoms with Gasteiger partial charge in [-0.1, -0.05) is 31.4 Å². The summed E-state index contributed by atoms with van der Waals surface area (Å²) in [5.41, 5.74) is 1.65. The molecule has 3 aromatic rings. The van der Waals surface area contributed by atoms with Gasteiger partial charge in [-0.25, -0.2) is 18.1 Å². The van der Waals surface area contributed by atoms with E-state index < -0.39 is 10.0 Å². The second kappa shape index (κ2) is 7.52. The van der Waals surface area contributed by atoms with Gasteiger partial charge in [0.1, 0.15) is 0 Å². The SMILES string of the molecule is O=S(=O)(Nc1ccc(-n2cccn2)nc1)c1ccc(C2CCCCC2)cc1. The van der Waals surface area contributed by atoms with Gasteiger partial charge < -0.3 is 0 Å². The van der Waals surface area contributed by atoms with Crippen molar-refractivity contribution in [2.75, 3.05) is 4.72 Å². The Balaban J connectivity index is 1.48. The molecule has 0 radical (unpaired) electrons. The molecule has 1 N–H and O–H groups in total. The van der Waals surface area contributed by atoms with Crippen molar-refractivity contribution in [1.29, 1.82) is 0 Å². The fourth-order valence-corrected chi connectivity index (χ4v) is 4.60. The summed E-state index contributed by atoms with van der Waals surface area (Å²) in [6.45, 7) is 0. The molecule has 1 aliphatic carbocycles. The molecule has 0 aliphatic heterocycles. The Labute approximate surface area is 159 Å². The monoisotopic (exact) mass is 382 g/mol. The summed E-state index contributed by atoms with van der Waals surface area (Å²) in [5, 5.41) is 4.10. The van der Waals surface area contributed by atoms with Crippen molar-refractivity contribution >= 4 is 15.7 Å². The Morgan fingerprint density at radius 2 is 1.78 bits per heavy atom. The van der Waals surface area contributed by atoms with E-state index in [1.165, 1.54) is 43.9 Å². The Morgan fingerprint density at radius 3 is 2.41 bits per heavy atom. The van der Waals surface area contributed by atoms with Gasteiger partial charge in [0.05, 0.1) is 16.8 Å². The third kappa shape index (κ3) is 4.03. The molecule has 0 bridgehead atoms. The zero-order valence-electron chi connectivity index (χ0n) is 15.0. The summed E-state index contributed by atoms with van der Waals surface area (Å²) < 4.78 is 29.5. The Hall–Kier alpha value is -2.67. The molecule has 140 valence electrons. The van der Waals surface area contributed by atoms with Gasteiger partial charge in [-0.2, -0.15) is 5.10 Å². The maximum atomic E-state index is 12.6. The van der Waals surface area contributed by atoms with Gasteiger partial charge in [0, 0.05) is 12.4 Å². The summed E-state index contributed by atoms with van der Waals surface area (Å²) in [6, 6.07) is 12.5. The standard InChI is InChI=1S/C20H22N4O2S/c25-27(26,19-10-7-17(8-11-19)16-5-2-1-3-6-16)23-18-9-12-20(21-15-18)24-14-4-13-22-24/h4,7-16,23H,1-3,5-6H2. The van der Waals surface area contributed by atoms with E-state index >= 15 is 0 Å². The van der Waals surface area contributed by atoms with Crippen molar-refractivity contribution in [3.05, 3.63) is 66.6 Å². The molecular formula is C20H22N4O2S. The quantitative estimate of drug-likeness (QED) is 0.720. The zero-order chi connectivity index (χ0) is 18.7. The first-order valence-corrected chi connectivity index (χ1v) is 10.7. The summed E-state index contributed by atoms with van der Waals surface area (Å²) in [7, 11) is -3.64. The molecule has 6 nitrogen and oxygen atoms in total. The van der Waals surface area contributed by atoms with Crippen LogP contribution in [0.2, 0.25) is 0 Å². The van der Waals surface area contributed by atoms with Crippen LogP contribution in [0.5, 0.6) is 0 Å². The van der Waals surface area contributed by atoms with Crippen molar-refractivity contribution in [2.45, 2.75) is 42.9 Å². The summed E-state index contributed by atoms with van der Waals surface area (Å²) >= 11 is 0. The lowest BCUT2D eigenvalue weighted by Crippen LogP contribution is -2.13. The van der Waals surface area contributed by atoms with Gasteiger partial charge >= 0.3 is 0 Å². The maximum Gasteiger partial charge on any atom is 0.261 e. The lowest BCUT2D eigenvalue weighted by atomic mass is 9.84. The number of sulfonamides is 1. The van der Waals surface area contributed by atoms with E-state index in [4.69, 9.17) is 0 Å². The number of hydrogen-bond acceptors (Lipinski definition) is 4. The number of nitrogens with zero attached hydrogens (tertiary/aromatic N) is 3. The molecule has 2 aromatic heterocycles. The first-order valence-electron chi connectivity index (χ1n) is 9.21. The van der Waals surface area contributed by atoms with E-state index in [-0.39, 0.29) is 4.90 Å². The number of benzene rings is 1. The van der Waals surface area contributed by atoms with Gasteiger partial charge in [-0.15, -0.1) is 0 Å². The third-order valence-corrected chi connectivity index (χ3v) is 6.40. The number of nitrogens with one attached hydrogen (secondary N) is 1. The minimum Gasteiger partial charge on any atom is -0.278 e. The van der Waals surface area contributed by atoms with Crippen LogP contribution in [0.25, 0.3) is 5.82 Å². The van der Waals surface area contributed by atoms with Crippen molar-refractivity contribution in [3.8, 4) is 5.82 Å². The van der Waals surface area contributed by atoms with Gasteiger partial charge in [-0.05, 0) is 54.7 Å². The summed E-state index contributed by atoms with van der Waals surface area (Å²) in [5.74, 6) is 1.18. The smallest absolute Gasteiger partial charge is 0.261 e. The highest BCUT2D eigenvalue weighted by Gasteiger charge is 2.18. The van der Waals surface area contributed by atoms with Crippen LogP contribution in [-0.4, -0.2) is 23.2 Å². The molecule has 0 amide bonds. The average molecular weight is 382 g/mol. The van der Waals surface area contributed by atoms with E-state index in [2.05, 4.69) is 14.8 Å². The van der Waals surface area contributed by atoms with E-state index in [0.29, 0.717) is 17.4 Å². The molecule has 0 atom stereocenters. The molecule has 1 saturated carbocycles. The molecule has 0 saturated heterocycles. The van der Waals surface area contributed by atoms with Crippen LogP contribution in [0.3, 0.4) is 0 Å². The third-order valence-electron chi connectivity index (χ3n) is 5.01. The highest BCUT2D eigenvalue weighted by molar-refractivity contribution is 7.92. The number of pyridine rings is 1. The van der Waals surface area contributed by atoms with Crippen LogP contribution in [0.4, 0.5) is 5.69 Å². The fraction of sp³-hybridized carbons (Fsp3) is 0.300. The highest BCUT2D eigenvalue weighted by atomic mass is 32.2. The van der Waals surface area contributed by atoms with Crippen LogP contribution in [0, 0.1) is 0 Å². The Morgan fingerprint density at radius 1 is 1.00 bits per heavy atom. The maximum absolute atomic E-state index is 12.6. The normalized spacial score (nSPS) is 15.6. The van der Waals surface area contributed by atoms with E-state index in [9.17, 15) is 8.42 Å². The van der Waals surface area contributed by atoms with Crippen LogP contribution in [-0.2, 0) is 10.0 Å². The second-order valence-electron chi connectivity index (χ2n) is 6.87. The predicted molar refractivity (Wildman–Crippen MR) is 104 cm³/mol. The number of rotatable bonds is 5. The van der Waals surface area contributed by atoms with Gasteiger partial charge in [0.2, 0.25) is 0 Å². The number of aromatic nitrogens is 3. The van der Waals surface area contributed by atoms with Crippen LogP contribution in [0.1, 0.15) is 43.6 Å². The van der Waals surface area contributed by atoms with E-state index in [1.807, 2.05) is 12.1 Å². The molecule has 1 fully saturated rings. The number of hydrogen-bond donors (Lipinski definition) is 1. The van der Waals surface area contributed by atoms with Crippen molar-refractivity contribution in [2.24, 2.45) is 0 Å². The molecular weight excluding hydrogens is 360 g/mol. The molecule has 2 heterocycles. The summed E-state index contributed by atoms with van der Waals surface area (Å²) in [4.78, 5) is 4.51. The largest absolute Gasteiger partial charge is 0.278 e. The Kier molecular flexibility index (Phi) is 4.94. The number of anilines is 1. The minimum absolute atomic E-state index is 0.262. The van der Waals surface area contributed by atoms with Gasteiger partial charge in [-0.3, -0.25) is 4.72 Å². The van der Waals surface area contributed by atoms with Crippen molar-refractivity contribution < 1.29 is 8.42 Å². The first-order chi connectivity index (χ1) is 13.1. The average Bonchev–Trinajstić information content (AvgIpc) is 3.24. The first kappa shape index (κ1) is 17.7. The zero-order valence-corrected chi connectivity index (χ0v) is 15.8. The topological polar surface area (TPSA) is 76.9 Å². The van der Waals surface area contributed by atoms with Crippen LogP contribution in [0.15, 0.2) is 66.0 Å². The molecule has 0 spiro atoms. The van der Waals surface area contributed by atoms with E-state index in [1.54, 1.807) is 47.4 Å². The van der Waals surface area contributed by atoms with Crippen molar-refractivity contribution in [3.63, 3.8) is 0 Å². The lowest BCUT2D eigenvalue weighted by molar-refractivity contribution is 0.443.